The van der Waals surface area contributed by atoms with E-state index in [1.54, 1.807) is 0 Å². The summed E-state index contributed by atoms with van der Waals surface area (Å²) in [4.78, 5) is 12.6. The van der Waals surface area contributed by atoms with Gasteiger partial charge in [-0.05, 0) is 31.9 Å². The molecule has 0 aromatic heterocycles. The second-order valence-corrected chi connectivity index (χ2v) is 5.19. The van der Waals surface area contributed by atoms with E-state index in [1.165, 1.54) is 0 Å². The summed E-state index contributed by atoms with van der Waals surface area (Å²) >= 11 is 0. The molecule has 0 aliphatic rings. The van der Waals surface area contributed by atoms with Gasteiger partial charge in [0.15, 0.2) is 0 Å². The van der Waals surface area contributed by atoms with Crippen LogP contribution in [0.1, 0.15) is 54.3 Å². The van der Waals surface area contributed by atoms with Gasteiger partial charge in [-0.15, -0.1) is 0 Å². The zero-order chi connectivity index (χ0) is 16.3. The van der Waals surface area contributed by atoms with Crippen LogP contribution in [0.5, 0.6) is 5.75 Å². The molecule has 1 aromatic carbocycles. The Morgan fingerprint density at radius 2 is 1.74 bits per heavy atom. The maximum absolute atomic E-state index is 12.6. The van der Waals surface area contributed by atoms with Gasteiger partial charge in [-0.1, -0.05) is 44.9 Å². The van der Waals surface area contributed by atoms with Gasteiger partial charge in [0.2, 0.25) is 0 Å². The van der Waals surface area contributed by atoms with Crippen LogP contribution >= 0.6 is 0 Å². The molecule has 23 heavy (non-hydrogen) atoms. The van der Waals surface area contributed by atoms with Crippen LogP contribution in [-0.2, 0) is 14.3 Å². The molecule has 4 nitrogen and oxygen atoms in total. The fourth-order valence-electron chi connectivity index (χ4n) is 2.10. The van der Waals surface area contributed by atoms with Crippen molar-refractivity contribution in [2.45, 2.75) is 58.7 Å². The van der Waals surface area contributed by atoms with Crippen molar-refractivity contribution in [2.24, 2.45) is 0 Å². The number of para-hydroxylation sites is 1. The molecular formula is C18H29NaO4. The van der Waals surface area contributed by atoms with Crippen LogP contribution in [0.2, 0.25) is 0 Å². The Hall–Kier alpha value is -0.550. The van der Waals surface area contributed by atoms with Gasteiger partial charge in [0.25, 0.3) is 0 Å². The van der Waals surface area contributed by atoms with E-state index in [2.05, 4.69) is 13.8 Å². The molecule has 0 spiro atoms. The summed E-state index contributed by atoms with van der Waals surface area (Å²) in [5.74, 6) is -1.17. The van der Waals surface area contributed by atoms with Crippen molar-refractivity contribution in [1.29, 1.82) is 0 Å². The van der Waals surface area contributed by atoms with Gasteiger partial charge in [-0.25, -0.2) is 4.79 Å². The molecule has 0 fully saturated rings. The van der Waals surface area contributed by atoms with Gasteiger partial charge in [0.1, 0.15) is 5.75 Å². The number of esters is 1. The third-order valence-corrected chi connectivity index (χ3v) is 3.30. The number of ether oxygens (including phenoxy) is 3. The minimum absolute atomic E-state index is 0. The number of benzene rings is 1. The van der Waals surface area contributed by atoms with E-state index in [4.69, 9.17) is 14.2 Å². The van der Waals surface area contributed by atoms with Gasteiger partial charge in [-0.2, -0.15) is 0 Å². The Balaban J connectivity index is 0. The number of unbranched alkanes of at least 4 members (excludes halogenated alkanes) is 2. The van der Waals surface area contributed by atoms with Crippen molar-refractivity contribution in [3.8, 4) is 5.75 Å². The van der Waals surface area contributed by atoms with Crippen LogP contribution in [-0.4, -0.2) is 25.0 Å². The van der Waals surface area contributed by atoms with E-state index >= 15 is 0 Å². The maximum atomic E-state index is 12.6. The van der Waals surface area contributed by atoms with Crippen molar-refractivity contribution in [3.05, 3.63) is 30.3 Å². The van der Waals surface area contributed by atoms with Gasteiger partial charge in [-0.3, -0.25) is 0 Å². The Bertz CT molecular complexity index is 430. The predicted molar refractivity (Wildman–Crippen MR) is 87.9 cm³/mol. The summed E-state index contributed by atoms with van der Waals surface area (Å²) < 4.78 is 17.1. The largest absolute Gasteiger partial charge is 1.00 e. The molecule has 0 heterocycles. The Morgan fingerprint density at radius 1 is 1.09 bits per heavy atom. The molecule has 0 N–H and O–H groups in total. The van der Waals surface area contributed by atoms with Gasteiger partial charge >= 0.3 is 41.3 Å². The smallest absolute Gasteiger partial charge is 1.00 e. The molecule has 1 unspecified atom stereocenters. The van der Waals surface area contributed by atoms with Gasteiger partial charge in [0.05, 0.1) is 6.61 Å². The minimum atomic E-state index is -1.35. The van der Waals surface area contributed by atoms with Crippen molar-refractivity contribution < 1.29 is 50.0 Å². The van der Waals surface area contributed by atoms with E-state index in [-0.39, 0.29) is 31.0 Å². The summed E-state index contributed by atoms with van der Waals surface area (Å²) in [6, 6.07) is 9.28. The van der Waals surface area contributed by atoms with Crippen molar-refractivity contribution in [3.63, 3.8) is 0 Å². The fourth-order valence-corrected chi connectivity index (χ4v) is 2.10. The molecule has 1 atom stereocenters. The number of rotatable bonds is 11. The third-order valence-electron chi connectivity index (χ3n) is 3.30. The monoisotopic (exact) mass is 332 g/mol. The third kappa shape index (κ3) is 7.71. The van der Waals surface area contributed by atoms with Crippen molar-refractivity contribution in [1.82, 2.24) is 0 Å². The van der Waals surface area contributed by atoms with Crippen LogP contribution in [0.4, 0.5) is 0 Å². The molecule has 126 valence electrons. The number of carbonyl (C=O) groups is 1. The van der Waals surface area contributed by atoms with Crippen molar-refractivity contribution in [2.75, 3.05) is 13.2 Å². The molecule has 0 amide bonds. The first-order valence-corrected chi connectivity index (χ1v) is 8.23. The van der Waals surface area contributed by atoms with Gasteiger partial charge in [0, 0.05) is 13.0 Å². The normalized spacial score (nSPS) is 12.8. The summed E-state index contributed by atoms with van der Waals surface area (Å²) in [5, 5.41) is 0. The maximum Gasteiger partial charge on any atom is 1.00 e. The summed E-state index contributed by atoms with van der Waals surface area (Å²) in [5.41, 5.74) is 0. The first-order chi connectivity index (χ1) is 10.7. The quantitative estimate of drug-likeness (QED) is 0.266. The van der Waals surface area contributed by atoms with Crippen LogP contribution in [0.3, 0.4) is 0 Å². The molecule has 0 bridgehead atoms. The van der Waals surface area contributed by atoms with Crippen LogP contribution in [0, 0.1) is 0 Å². The Kier molecular flexibility index (Phi) is 12.5. The number of hydrogen-bond donors (Lipinski definition) is 0. The summed E-state index contributed by atoms with van der Waals surface area (Å²) in [6.07, 6.45) is 4.08. The minimum Gasteiger partial charge on any atom is -1.00 e. The van der Waals surface area contributed by atoms with E-state index in [9.17, 15) is 4.79 Å². The molecular weight excluding hydrogens is 303 g/mol. The molecule has 1 aromatic rings. The Labute approximate surface area is 163 Å². The van der Waals surface area contributed by atoms with Gasteiger partial charge < -0.3 is 15.6 Å². The molecule has 0 radical (unpaired) electrons. The van der Waals surface area contributed by atoms with Crippen LogP contribution < -0.4 is 34.3 Å². The zero-order valence-electron chi connectivity index (χ0n) is 16.0. The molecule has 0 saturated carbocycles. The van der Waals surface area contributed by atoms with Crippen LogP contribution in [0.25, 0.3) is 0 Å². The number of carbonyl (C=O) groups excluding carboxylic acids is 1. The molecule has 0 aliphatic heterocycles. The van der Waals surface area contributed by atoms with E-state index in [0.29, 0.717) is 25.4 Å². The SMILES string of the molecule is CCCCOC(=O)C(CCCC)(OCC)Oc1ccccc1.[H-].[Na+]. The van der Waals surface area contributed by atoms with Crippen LogP contribution in [0.15, 0.2) is 30.3 Å². The van der Waals surface area contributed by atoms with Crippen molar-refractivity contribution >= 4 is 5.97 Å². The molecule has 1 rings (SSSR count). The first kappa shape index (κ1) is 22.4. The Morgan fingerprint density at radius 3 is 2.30 bits per heavy atom. The van der Waals surface area contributed by atoms with E-state index in [0.717, 1.165) is 25.7 Å². The molecule has 0 aliphatic carbocycles. The first-order valence-electron chi connectivity index (χ1n) is 8.23. The standard InChI is InChI=1S/C18H28O4.Na.H/c1-4-7-14-18(21-6-3,17(19)20-15-8-5-2)22-16-12-10-9-11-13-16;;/h9-13H,4-8,14-15H2,1-3H3;;/q;+1;-1. The second kappa shape index (κ2) is 12.8. The molecule has 5 heteroatoms. The molecule has 0 saturated heterocycles. The average molecular weight is 332 g/mol. The van der Waals surface area contributed by atoms with E-state index in [1.807, 2.05) is 37.3 Å². The predicted octanol–water partition coefficient (Wildman–Crippen LogP) is 1.45. The second-order valence-electron chi connectivity index (χ2n) is 5.19. The topological polar surface area (TPSA) is 44.8 Å². The fraction of sp³-hybridized carbons (Fsp3) is 0.611. The average Bonchev–Trinajstić information content (AvgIpc) is 2.54. The van der Waals surface area contributed by atoms with E-state index < -0.39 is 11.8 Å². The zero-order valence-corrected chi connectivity index (χ0v) is 17.0. The summed E-state index contributed by atoms with van der Waals surface area (Å²) in [6.45, 7) is 6.77. The summed E-state index contributed by atoms with van der Waals surface area (Å²) in [7, 11) is 0. The number of hydrogen-bond acceptors (Lipinski definition) is 4.